The number of nitrogens with two attached hydrogens (primary N) is 1. The number of ether oxygens (including phenoxy) is 1. The van der Waals surface area contributed by atoms with Gasteiger partial charge in [0.25, 0.3) is 0 Å². The molecule has 2 aromatic rings. The van der Waals surface area contributed by atoms with Gasteiger partial charge in [0.2, 0.25) is 0 Å². The Morgan fingerprint density at radius 3 is 2.82 bits per heavy atom. The highest BCUT2D eigenvalue weighted by molar-refractivity contribution is 7.93. The van der Waals surface area contributed by atoms with Gasteiger partial charge in [-0.05, 0) is 61.9 Å². The van der Waals surface area contributed by atoms with Gasteiger partial charge in [-0.2, -0.15) is 0 Å². The zero-order valence-corrected chi connectivity index (χ0v) is 17.4. The third-order valence-electron chi connectivity index (χ3n) is 4.97. The first-order valence-corrected chi connectivity index (χ1v) is 11.5. The Bertz CT molecular complexity index is 1040. The van der Waals surface area contributed by atoms with E-state index in [2.05, 4.69) is 15.7 Å². The van der Waals surface area contributed by atoms with Crippen LogP contribution < -0.4 is 15.2 Å². The number of benzene rings is 1. The quantitative estimate of drug-likeness (QED) is 0.705. The lowest BCUT2D eigenvalue weighted by Crippen LogP contribution is -2.18. The maximum absolute atomic E-state index is 12.8. The molecular weight excluding hydrogens is 398 g/mol. The van der Waals surface area contributed by atoms with Gasteiger partial charge in [0.15, 0.2) is 9.92 Å². The van der Waals surface area contributed by atoms with Gasteiger partial charge in [0.05, 0.1) is 17.9 Å². The zero-order valence-electron chi connectivity index (χ0n) is 15.8. The summed E-state index contributed by atoms with van der Waals surface area (Å²) in [4.78, 5) is 13.2. The SMILES string of the molecule is CC(C)(O)c1ccc(S(N)(=O)=NC(=O)Nc2c3c(cc4c2OCC4)CCC3)s1. The van der Waals surface area contributed by atoms with Gasteiger partial charge in [-0.1, -0.05) is 6.07 Å². The molecule has 4 rings (SSSR count). The van der Waals surface area contributed by atoms with Crippen LogP contribution in [-0.4, -0.2) is 22.0 Å². The molecule has 1 aliphatic heterocycles. The lowest BCUT2D eigenvalue weighted by atomic mass is 10.0. The van der Waals surface area contributed by atoms with E-state index >= 15 is 0 Å². The second-order valence-electron chi connectivity index (χ2n) is 7.60. The van der Waals surface area contributed by atoms with Crippen LogP contribution in [0.2, 0.25) is 0 Å². The number of nitrogens with one attached hydrogen (secondary N) is 1. The fourth-order valence-corrected chi connectivity index (χ4v) is 5.88. The largest absolute Gasteiger partial charge is 0.491 e. The van der Waals surface area contributed by atoms with Gasteiger partial charge in [-0.25, -0.2) is 14.1 Å². The predicted octanol–water partition coefficient (Wildman–Crippen LogP) is 3.33. The van der Waals surface area contributed by atoms with Crippen LogP contribution in [0.4, 0.5) is 10.5 Å². The van der Waals surface area contributed by atoms with Crippen molar-refractivity contribution < 1.29 is 18.8 Å². The van der Waals surface area contributed by atoms with Crippen molar-refractivity contribution in [1.29, 1.82) is 0 Å². The van der Waals surface area contributed by atoms with Crippen molar-refractivity contribution in [1.82, 2.24) is 0 Å². The maximum atomic E-state index is 12.8. The standard InChI is InChI=1S/C19H23N3O4S2/c1-19(2,24)14-6-7-15(27-14)28(20,25)22-18(23)21-16-13-5-3-4-11(13)10-12-8-9-26-17(12)16/h6-7,10,24H,3-5,8-9H2,1-2H3,(H3,20,21,22,23,25). The predicted molar refractivity (Wildman–Crippen MR) is 109 cm³/mol. The Balaban J connectivity index is 1.65. The molecule has 28 heavy (non-hydrogen) atoms. The Labute approximate surface area is 168 Å². The Morgan fingerprint density at radius 2 is 2.11 bits per heavy atom. The summed E-state index contributed by atoms with van der Waals surface area (Å²) in [5.41, 5.74) is 2.92. The van der Waals surface area contributed by atoms with Crippen LogP contribution >= 0.6 is 11.3 Å². The van der Waals surface area contributed by atoms with Crippen LogP contribution in [-0.2, 0) is 34.8 Å². The molecule has 7 nitrogen and oxygen atoms in total. The first kappa shape index (κ1) is 19.4. The summed E-state index contributed by atoms with van der Waals surface area (Å²) in [5.74, 6) is 0.688. The second kappa shape index (κ2) is 6.84. The van der Waals surface area contributed by atoms with E-state index in [0.29, 0.717) is 22.9 Å². The van der Waals surface area contributed by atoms with Crippen molar-refractivity contribution >= 4 is 33.0 Å². The van der Waals surface area contributed by atoms with Gasteiger partial charge in [0, 0.05) is 11.3 Å². The molecule has 0 spiro atoms. The summed E-state index contributed by atoms with van der Waals surface area (Å²) in [6, 6.07) is 4.58. The number of urea groups is 1. The van der Waals surface area contributed by atoms with Crippen molar-refractivity contribution in [2.45, 2.75) is 49.3 Å². The van der Waals surface area contributed by atoms with Crippen LogP contribution in [0.15, 0.2) is 26.8 Å². The number of hydrogen-bond donors (Lipinski definition) is 3. The van der Waals surface area contributed by atoms with E-state index in [9.17, 15) is 14.1 Å². The zero-order chi connectivity index (χ0) is 20.1. The van der Waals surface area contributed by atoms with E-state index in [1.165, 1.54) is 11.6 Å². The summed E-state index contributed by atoms with van der Waals surface area (Å²) in [6.45, 7) is 3.84. The second-order valence-corrected chi connectivity index (χ2v) is 10.7. The molecule has 9 heteroatoms. The number of fused-ring (bicyclic) bond motifs is 2. The number of aryl methyl sites for hydroxylation is 1. The summed E-state index contributed by atoms with van der Waals surface area (Å²) in [5, 5.41) is 18.7. The molecule has 2 aliphatic rings. The summed E-state index contributed by atoms with van der Waals surface area (Å²) < 4.78 is 22.6. The fourth-order valence-electron chi connectivity index (χ4n) is 3.64. The topological polar surface area (TPSA) is 114 Å². The van der Waals surface area contributed by atoms with E-state index < -0.39 is 21.5 Å². The van der Waals surface area contributed by atoms with Crippen LogP contribution in [0.3, 0.4) is 0 Å². The van der Waals surface area contributed by atoms with Gasteiger partial charge < -0.3 is 15.2 Å². The van der Waals surface area contributed by atoms with Crippen LogP contribution in [0.1, 0.15) is 41.8 Å². The molecule has 1 aromatic carbocycles. The average Bonchev–Trinajstić information content (AvgIpc) is 3.33. The Kier molecular flexibility index (Phi) is 4.73. The Hall–Kier alpha value is -1.94. The van der Waals surface area contributed by atoms with Crippen LogP contribution in [0.5, 0.6) is 5.75 Å². The highest BCUT2D eigenvalue weighted by Gasteiger charge is 2.27. The molecule has 0 saturated heterocycles. The molecule has 2 amide bonds. The van der Waals surface area contributed by atoms with Gasteiger partial charge in [-0.3, -0.25) is 0 Å². The minimum Gasteiger partial charge on any atom is -0.491 e. The minimum absolute atomic E-state index is 0.250. The molecular formula is C19H23N3O4S2. The Morgan fingerprint density at radius 1 is 1.32 bits per heavy atom. The van der Waals surface area contributed by atoms with E-state index in [-0.39, 0.29) is 4.21 Å². The highest BCUT2D eigenvalue weighted by atomic mass is 32.2. The van der Waals surface area contributed by atoms with Crippen LogP contribution in [0.25, 0.3) is 0 Å². The molecule has 2 heterocycles. The lowest BCUT2D eigenvalue weighted by molar-refractivity contribution is 0.0825. The van der Waals surface area contributed by atoms with Crippen LogP contribution in [0, 0.1) is 0 Å². The molecule has 1 aliphatic carbocycles. The number of amides is 2. The number of anilines is 1. The summed E-state index contributed by atoms with van der Waals surface area (Å²) in [7, 11) is -3.42. The van der Waals surface area contributed by atoms with E-state index in [1.807, 2.05) is 0 Å². The molecule has 1 atom stereocenters. The van der Waals surface area contributed by atoms with Crippen molar-refractivity contribution in [2.24, 2.45) is 9.50 Å². The molecule has 150 valence electrons. The molecule has 1 aromatic heterocycles. The van der Waals surface area contributed by atoms with Crippen molar-refractivity contribution in [3.05, 3.63) is 39.8 Å². The number of rotatable bonds is 3. The molecule has 0 fully saturated rings. The van der Waals surface area contributed by atoms with Crippen molar-refractivity contribution in [2.75, 3.05) is 11.9 Å². The molecule has 0 bridgehead atoms. The fraction of sp³-hybridized carbons (Fsp3) is 0.421. The summed E-state index contributed by atoms with van der Waals surface area (Å²) >= 11 is 1.09. The summed E-state index contributed by atoms with van der Waals surface area (Å²) in [6.07, 6.45) is 3.68. The first-order chi connectivity index (χ1) is 13.1. The third kappa shape index (κ3) is 3.55. The number of carbonyl (C=O) groups is 1. The van der Waals surface area contributed by atoms with Crippen molar-refractivity contribution in [3.63, 3.8) is 0 Å². The van der Waals surface area contributed by atoms with Gasteiger partial charge >= 0.3 is 6.03 Å². The van der Waals surface area contributed by atoms with E-state index in [1.54, 1.807) is 19.9 Å². The van der Waals surface area contributed by atoms with Crippen molar-refractivity contribution in [3.8, 4) is 5.75 Å². The first-order valence-electron chi connectivity index (χ1n) is 9.14. The van der Waals surface area contributed by atoms with Gasteiger partial charge in [0.1, 0.15) is 9.96 Å². The van der Waals surface area contributed by atoms with E-state index in [0.717, 1.165) is 48.1 Å². The number of aliphatic hydroxyl groups is 1. The number of thiophene rings is 1. The van der Waals surface area contributed by atoms with Gasteiger partial charge in [-0.15, -0.1) is 15.7 Å². The molecule has 0 radical (unpaired) electrons. The maximum Gasteiger partial charge on any atom is 0.355 e. The number of hydrogen-bond acceptors (Lipinski definition) is 5. The molecule has 4 N–H and O–H groups in total. The smallest absolute Gasteiger partial charge is 0.355 e. The average molecular weight is 422 g/mol. The molecule has 1 unspecified atom stereocenters. The molecule has 0 saturated carbocycles. The number of carbonyl (C=O) groups excluding carboxylic acids is 1. The third-order valence-corrected chi connectivity index (χ3v) is 8.28. The van der Waals surface area contributed by atoms with E-state index in [4.69, 9.17) is 9.88 Å². The highest BCUT2D eigenvalue weighted by Crippen LogP contribution is 2.42. The lowest BCUT2D eigenvalue weighted by Gasteiger charge is -2.14. The minimum atomic E-state index is -3.42. The normalized spacial score (nSPS) is 17.4. The monoisotopic (exact) mass is 421 g/mol. The number of nitrogens with zero attached hydrogens (tertiary/aromatic N) is 1.